The molecule has 0 aliphatic heterocycles. The maximum atomic E-state index is 13.0. The zero-order valence-electron chi connectivity index (χ0n) is 50.9. The molecule has 0 spiro atoms. The minimum absolute atomic E-state index is 0.0791. The highest BCUT2D eigenvalue weighted by Gasteiger charge is 2.28. The Hall–Kier alpha value is -0.500. The number of hydrogen-bond acceptors (Lipinski definition) is 5. The topological polar surface area (TPSA) is 105 Å². The number of quaternary nitrogens is 1. The molecule has 0 rings (SSSR count). The number of amides is 1. The first-order valence-corrected chi connectivity index (χ1v) is 34.9. The van der Waals surface area contributed by atoms with Crippen molar-refractivity contribution in [1.82, 2.24) is 5.32 Å². The first kappa shape index (κ1) is 73.5. The summed E-state index contributed by atoms with van der Waals surface area (Å²) in [5, 5.41) is 14.1. The normalized spacial score (nSPS) is 13.7. The lowest BCUT2D eigenvalue weighted by Crippen LogP contribution is -2.46. The maximum absolute atomic E-state index is 13.0. The molecule has 3 N–H and O–H groups in total. The zero-order chi connectivity index (χ0) is 54.2. The average molecular weight is 1070 g/mol. The van der Waals surface area contributed by atoms with Crippen molar-refractivity contribution < 1.29 is 32.9 Å². The van der Waals surface area contributed by atoms with Gasteiger partial charge in [0.05, 0.1) is 39.9 Å². The van der Waals surface area contributed by atoms with Gasteiger partial charge in [-0.3, -0.25) is 13.8 Å². The van der Waals surface area contributed by atoms with Crippen LogP contribution < -0.4 is 5.32 Å². The van der Waals surface area contributed by atoms with Crippen LogP contribution in [0.1, 0.15) is 361 Å². The molecule has 8 nitrogen and oxygen atoms in total. The van der Waals surface area contributed by atoms with E-state index >= 15 is 0 Å². The number of aliphatic hydroxyl groups excluding tert-OH is 1. The molecule has 0 saturated carbocycles. The standard InChI is InChI=1S/C65H133N2O6P/c1-6-8-10-12-14-16-18-20-22-23-24-25-26-27-28-29-30-31-32-33-34-35-36-37-38-39-40-41-42-43-44-45-47-49-51-53-55-57-59-65(69)66-63(62-73-74(70,71)72-61-60-67(3,4)5)64(68)58-56-54-52-50-48-46-21-19-17-15-13-11-9-7-2/h63-64,68H,6-62H2,1-5H3,(H-,66,69,70,71)/p+1. The van der Waals surface area contributed by atoms with Crippen molar-refractivity contribution in [3.63, 3.8) is 0 Å². The summed E-state index contributed by atoms with van der Waals surface area (Å²) in [6.07, 6.45) is 70.7. The molecule has 3 atom stereocenters. The van der Waals surface area contributed by atoms with Crippen LogP contribution in [0.5, 0.6) is 0 Å². The van der Waals surface area contributed by atoms with E-state index in [0.29, 0.717) is 23.9 Å². The Morgan fingerprint density at radius 1 is 0.405 bits per heavy atom. The number of phosphoric acid groups is 1. The van der Waals surface area contributed by atoms with Crippen LogP contribution in [0.3, 0.4) is 0 Å². The largest absolute Gasteiger partial charge is 0.472 e. The van der Waals surface area contributed by atoms with Crippen molar-refractivity contribution in [2.75, 3.05) is 40.9 Å². The highest BCUT2D eigenvalue weighted by atomic mass is 31.2. The van der Waals surface area contributed by atoms with E-state index in [9.17, 15) is 19.4 Å². The fourth-order valence-electron chi connectivity index (χ4n) is 10.6. The highest BCUT2D eigenvalue weighted by molar-refractivity contribution is 7.47. The lowest BCUT2D eigenvalue weighted by atomic mass is 10.0. The number of hydrogen-bond donors (Lipinski definition) is 3. The molecule has 444 valence electrons. The number of aliphatic hydroxyl groups is 1. The molecule has 0 bridgehead atoms. The van der Waals surface area contributed by atoms with Crippen LogP contribution in [0.2, 0.25) is 0 Å². The van der Waals surface area contributed by atoms with Gasteiger partial charge >= 0.3 is 7.82 Å². The Morgan fingerprint density at radius 2 is 0.649 bits per heavy atom. The van der Waals surface area contributed by atoms with E-state index in [1.807, 2.05) is 21.1 Å². The van der Waals surface area contributed by atoms with E-state index in [1.165, 1.54) is 295 Å². The summed E-state index contributed by atoms with van der Waals surface area (Å²) in [5.74, 6) is -0.135. The van der Waals surface area contributed by atoms with Crippen molar-refractivity contribution >= 4 is 13.7 Å². The van der Waals surface area contributed by atoms with Crippen LogP contribution >= 0.6 is 7.82 Å². The summed E-state index contributed by atoms with van der Waals surface area (Å²) in [6.45, 7) is 4.94. The molecule has 9 heteroatoms. The van der Waals surface area contributed by atoms with Crippen molar-refractivity contribution in [2.45, 2.75) is 373 Å². The van der Waals surface area contributed by atoms with E-state index in [0.717, 1.165) is 38.5 Å². The molecule has 0 saturated heterocycles. The first-order chi connectivity index (χ1) is 36.0. The van der Waals surface area contributed by atoms with Gasteiger partial charge in [-0.1, -0.05) is 341 Å². The number of carbonyl (C=O) groups is 1. The molecule has 3 unspecified atom stereocenters. The van der Waals surface area contributed by atoms with Gasteiger partial charge in [0.2, 0.25) is 5.91 Å². The van der Waals surface area contributed by atoms with Gasteiger partial charge in [-0.05, 0) is 12.8 Å². The van der Waals surface area contributed by atoms with Gasteiger partial charge in [0.25, 0.3) is 0 Å². The van der Waals surface area contributed by atoms with Gasteiger partial charge < -0.3 is 19.8 Å². The van der Waals surface area contributed by atoms with Crippen molar-refractivity contribution in [2.24, 2.45) is 0 Å². The third-order valence-corrected chi connectivity index (χ3v) is 16.8. The molecule has 1 amide bonds. The molecule has 0 aromatic carbocycles. The molecule has 0 fully saturated rings. The first-order valence-electron chi connectivity index (χ1n) is 33.4. The Morgan fingerprint density at radius 3 is 0.905 bits per heavy atom. The maximum Gasteiger partial charge on any atom is 0.472 e. The number of nitrogens with zero attached hydrogens (tertiary/aromatic N) is 1. The van der Waals surface area contributed by atoms with Gasteiger partial charge in [-0.15, -0.1) is 0 Å². The van der Waals surface area contributed by atoms with Gasteiger partial charge in [0.15, 0.2) is 0 Å². The number of unbranched alkanes of at least 4 members (excludes halogenated alkanes) is 50. The van der Waals surface area contributed by atoms with Gasteiger partial charge in [0.1, 0.15) is 13.2 Å². The molecular formula is C65H134N2O6P+. The molecule has 0 aliphatic rings. The molecule has 0 aromatic rings. The zero-order valence-corrected chi connectivity index (χ0v) is 51.8. The van der Waals surface area contributed by atoms with Gasteiger partial charge in [-0.25, -0.2) is 4.57 Å². The van der Waals surface area contributed by atoms with Gasteiger partial charge in [-0.2, -0.15) is 0 Å². The number of carbonyl (C=O) groups excluding carboxylic acids is 1. The second kappa shape index (κ2) is 57.2. The Labute approximate surface area is 463 Å². The van der Waals surface area contributed by atoms with Crippen LogP contribution in [0.25, 0.3) is 0 Å². The smallest absolute Gasteiger partial charge is 0.391 e. The summed E-state index contributed by atoms with van der Waals surface area (Å²) in [4.78, 5) is 23.3. The molecule has 0 aromatic heterocycles. The number of phosphoric ester groups is 1. The Kier molecular flexibility index (Phi) is 56.8. The van der Waals surface area contributed by atoms with Crippen LogP contribution in [0.15, 0.2) is 0 Å². The summed E-state index contributed by atoms with van der Waals surface area (Å²) in [6, 6.07) is -0.755. The molecule has 74 heavy (non-hydrogen) atoms. The fraction of sp³-hybridized carbons (Fsp3) is 0.985. The second-order valence-corrected chi connectivity index (χ2v) is 26.0. The van der Waals surface area contributed by atoms with Crippen LogP contribution in [-0.2, 0) is 18.4 Å². The third kappa shape index (κ3) is 59.2. The second-order valence-electron chi connectivity index (χ2n) is 24.6. The fourth-order valence-corrected chi connectivity index (χ4v) is 11.4. The van der Waals surface area contributed by atoms with Crippen molar-refractivity contribution in [3.05, 3.63) is 0 Å². The minimum Gasteiger partial charge on any atom is -0.391 e. The number of nitrogens with one attached hydrogen (secondary N) is 1. The number of likely N-dealkylation sites (N-methyl/N-ethyl adjacent to an activating group) is 1. The molecular weight excluding hydrogens is 936 g/mol. The van der Waals surface area contributed by atoms with Crippen molar-refractivity contribution in [1.29, 1.82) is 0 Å². The predicted molar refractivity (Wildman–Crippen MR) is 323 cm³/mol. The monoisotopic (exact) mass is 1070 g/mol. The van der Waals surface area contributed by atoms with E-state index in [1.54, 1.807) is 0 Å². The lowest BCUT2D eigenvalue weighted by Gasteiger charge is -2.26. The Bertz CT molecular complexity index is 1170. The summed E-state index contributed by atoms with van der Waals surface area (Å²) in [5.41, 5.74) is 0. The molecule has 0 radical (unpaired) electrons. The third-order valence-electron chi connectivity index (χ3n) is 15.9. The minimum atomic E-state index is -4.32. The van der Waals surface area contributed by atoms with E-state index < -0.39 is 20.0 Å². The highest BCUT2D eigenvalue weighted by Crippen LogP contribution is 2.43. The van der Waals surface area contributed by atoms with Crippen molar-refractivity contribution in [3.8, 4) is 0 Å². The Balaban J connectivity index is 3.82. The predicted octanol–water partition coefficient (Wildman–Crippen LogP) is 20.8. The number of rotatable bonds is 63. The molecule has 0 aliphatic carbocycles. The van der Waals surface area contributed by atoms with E-state index in [4.69, 9.17) is 9.05 Å². The average Bonchev–Trinajstić information content (AvgIpc) is 3.36. The van der Waals surface area contributed by atoms with E-state index in [-0.39, 0.29) is 19.1 Å². The van der Waals surface area contributed by atoms with Crippen LogP contribution in [0.4, 0.5) is 0 Å². The SMILES string of the molecule is CCCCCCCCCCCCCCCCCCCCCCCCCCCCCCCCCCCCCCCCC(=O)NC(COP(=O)(O)OCC[N+](C)(C)C)C(O)CCCCCCCCCCCCCCCC. The quantitative estimate of drug-likeness (QED) is 0.0318. The summed E-state index contributed by atoms with van der Waals surface area (Å²) in [7, 11) is 1.64. The van der Waals surface area contributed by atoms with E-state index in [2.05, 4.69) is 19.2 Å². The summed E-state index contributed by atoms with van der Waals surface area (Å²) < 4.78 is 23.8. The van der Waals surface area contributed by atoms with Gasteiger partial charge in [0, 0.05) is 6.42 Å². The lowest BCUT2D eigenvalue weighted by molar-refractivity contribution is -0.870. The van der Waals surface area contributed by atoms with Crippen LogP contribution in [-0.4, -0.2) is 73.4 Å². The summed E-state index contributed by atoms with van der Waals surface area (Å²) >= 11 is 0. The molecule has 0 heterocycles. The van der Waals surface area contributed by atoms with Crippen LogP contribution in [0, 0.1) is 0 Å².